The van der Waals surface area contributed by atoms with Gasteiger partial charge in [-0.2, -0.15) is 0 Å². The highest BCUT2D eigenvalue weighted by atomic mass is 19.3. The largest absolute Gasteiger partial charge is 0.394 e. The molecule has 94 valence electrons. The van der Waals surface area contributed by atoms with Gasteiger partial charge in [0.1, 0.15) is 0 Å². The number of nitrogens with zero attached hydrogens (tertiary/aromatic N) is 1. The van der Waals surface area contributed by atoms with E-state index in [1.807, 2.05) is 13.8 Å². The molecule has 0 radical (unpaired) electrons. The third-order valence-electron chi connectivity index (χ3n) is 4.41. The van der Waals surface area contributed by atoms with Crippen LogP contribution in [-0.2, 0) is 0 Å². The molecular formula is C12H21F2NO. The summed E-state index contributed by atoms with van der Waals surface area (Å²) in [7, 11) is 0. The van der Waals surface area contributed by atoms with Gasteiger partial charge in [-0.05, 0) is 25.8 Å². The SMILES string of the molecule is CC.OC[C@]12CCCN1CC1(CC1(F)F)C2. The van der Waals surface area contributed by atoms with E-state index in [4.69, 9.17) is 0 Å². The van der Waals surface area contributed by atoms with Gasteiger partial charge in [-0.15, -0.1) is 0 Å². The van der Waals surface area contributed by atoms with Crippen LogP contribution in [0, 0.1) is 5.41 Å². The Hall–Kier alpha value is -0.220. The van der Waals surface area contributed by atoms with Crippen molar-refractivity contribution in [3.63, 3.8) is 0 Å². The Morgan fingerprint density at radius 3 is 2.31 bits per heavy atom. The first-order valence-corrected chi connectivity index (χ1v) is 6.28. The Balaban J connectivity index is 0.000000457. The quantitative estimate of drug-likeness (QED) is 0.751. The molecule has 3 fully saturated rings. The monoisotopic (exact) mass is 233 g/mol. The molecule has 3 rings (SSSR count). The average Bonchev–Trinajstić information content (AvgIpc) is 2.57. The lowest BCUT2D eigenvalue weighted by Gasteiger charge is -2.29. The Labute approximate surface area is 95.6 Å². The molecule has 2 saturated heterocycles. The minimum Gasteiger partial charge on any atom is -0.394 e. The minimum atomic E-state index is -2.46. The van der Waals surface area contributed by atoms with Gasteiger partial charge >= 0.3 is 0 Å². The maximum absolute atomic E-state index is 13.2. The summed E-state index contributed by atoms with van der Waals surface area (Å²) in [6.07, 6.45) is 2.48. The summed E-state index contributed by atoms with van der Waals surface area (Å²) < 4.78 is 26.4. The van der Waals surface area contributed by atoms with Gasteiger partial charge < -0.3 is 5.11 Å². The molecule has 0 aromatic heterocycles. The number of hydrogen-bond donors (Lipinski definition) is 1. The van der Waals surface area contributed by atoms with Crippen LogP contribution in [0.15, 0.2) is 0 Å². The third kappa shape index (κ3) is 1.42. The molecule has 2 aliphatic heterocycles. The van der Waals surface area contributed by atoms with Crippen LogP contribution in [-0.4, -0.2) is 41.2 Å². The summed E-state index contributed by atoms with van der Waals surface area (Å²) in [5.41, 5.74) is -1.06. The standard InChI is InChI=1S/C10H15F2NO.C2H6/c11-10(12)5-8(10)4-9(7-14)2-1-3-13(9)6-8;1-2/h14H,1-7H2;1-2H3/t8?,9-;/m1./s1. The Bertz CT molecular complexity index is 284. The van der Waals surface area contributed by atoms with E-state index in [1.54, 1.807) is 0 Å². The van der Waals surface area contributed by atoms with Crippen molar-refractivity contribution in [1.82, 2.24) is 4.90 Å². The van der Waals surface area contributed by atoms with E-state index in [-0.39, 0.29) is 18.6 Å². The number of fused-ring (bicyclic) bond motifs is 1. The van der Waals surface area contributed by atoms with Crippen LogP contribution in [0.3, 0.4) is 0 Å². The van der Waals surface area contributed by atoms with Crippen LogP contribution in [0.25, 0.3) is 0 Å². The van der Waals surface area contributed by atoms with Crippen molar-refractivity contribution in [2.24, 2.45) is 5.41 Å². The molecule has 0 amide bonds. The Kier molecular flexibility index (Phi) is 2.78. The van der Waals surface area contributed by atoms with Gasteiger partial charge in [0.25, 0.3) is 5.92 Å². The van der Waals surface area contributed by atoms with Crippen LogP contribution in [0.2, 0.25) is 0 Å². The van der Waals surface area contributed by atoms with Crippen LogP contribution in [0.5, 0.6) is 0 Å². The van der Waals surface area contributed by atoms with Crippen molar-refractivity contribution in [3.05, 3.63) is 0 Å². The first-order valence-electron chi connectivity index (χ1n) is 6.28. The highest BCUT2D eigenvalue weighted by Gasteiger charge is 2.76. The molecule has 1 spiro atoms. The van der Waals surface area contributed by atoms with E-state index < -0.39 is 11.3 Å². The second-order valence-corrected chi connectivity index (χ2v) is 5.25. The van der Waals surface area contributed by atoms with Gasteiger partial charge in [0.05, 0.1) is 12.0 Å². The highest BCUT2D eigenvalue weighted by Crippen LogP contribution is 2.69. The average molecular weight is 233 g/mol. The van der Waals surface area contributed by atoms with E-state index >= 15 is 0 Å². The molecule has 2 heterocycles. The van der Waals surface area contributed by atoms with Crippen LogP contribution >= 0.6 is 0 Å². The molecule has 0 aromatic rings. The van der Waals surface area contributed by atoms with Crippen molar-refractivity contribution < 1.29 is 13.9 Å². The van der Waals surface area contributed by atoms with Crippen LogP contribution in [0.1, 0.15) is 39.5 Å². The van der Waals surface area contributed by atoms with Crippen molar-refractivity contribution in [2.45, 2.75) is 51.0 Å². The summed E-state index contributed by atoms with van der Waals surface area (Å²) in [6, 6.07) is 0. The number of hydrogen-bond acceptors (Lipinski definition) is 2. The Morgan fingerprint density at radius 2 is 1.88 bits per heavy atom. The lowest BCUT2D eigenvalue weighted by Crippen LogP contribution is -2.41. The fourth-order valence-corrected chi connectivity index (χ4v) is 3.47. The number of aliphatic hydroxyl groups excluding tert-OH is 1. The van der Waals surface area contributed by atoms with E-state index in [9.17, 15) is 13.9 Å². The summed E-state index contributed by atoms with van der Waals surface area (Å²) in [6.45, 7) is 5.43. The summed E-state index contributed by atoms with van der Waals surface area (Å²) in [4.78, 5) is 2.09. The second-order valence-electron chi connectivity index (χ2n) is 5.25. The number of halogens is 2. The summed E-state index contributed by atoms with van der Waals surface area (Å²) in [5, 5.41) is 9.37. The lowest BCUT2D eigenvalue weighted by molar-refractivity contribution is 0.0644. The van der Waals surface area contributed by atoms with Crippen molar-refractivity contribution in [1.29, 1.82) is 0 Å². The van der Waals surface area contributed by atoms with E-state index in [0.29, 0.717) is 13.0 Å². The highest BCUT2D eigenvalue weighted by molar-refractivity contribution is 5.21. The van der Waals surface area contributed by atoms with Gasteiger partial charge in [-0.25, -0.2) is 8.78 Å². The maximum Gasteiger partial charge on any atom is 0.255 e. The smallest absolute Gasteiger partial charge is 0.255 e. The zero-order valence-corrected chi connectivity index (χ0v) is 10.1. The molecule has 4 heteroatoms. The number of aliphatic hydroxyl groups is 1. The molecular weight excluding hydrogens is 212 g/mol. The topological polar surface area (TPSA) is 23.5 Å². The van der Waals surface area contributed by atoms with Crippen LogP contribution < -0.4 is 0 Å². The minimum absolute atomic E-state index is 0.0399. The molecule has 0 bridgehead atoms. The predicted molar refractivity (Wildman–Crippen MR) is 58.6 cm³/mol. The fourth-order valence-electron chi connectivity index (χ4n) is 3.47. The summed E-state index contributed by atoms with van der Waals surface area (Å²) >= 11 is 0. The second kappa shape index (κ2) is 3.64. The van der Waals surface area contributed by atoms with E-state index in [2.05, 4.69) is 4.90 Å². The van der Waals surface area contributed by atoms with E-state index in [0.717, 1.165) is 19.4 Å². The van der Waals surface area contributed by atoms with Crippen molar-refractivity contribution in [2.75, 3.05) is 19.7 Å². The van der Waals surface area contributed by atoms with E-state index in [1.165, 1.54) is 0 Å². The zero-order chi connectivity index (χ0) is 12.0. The molecule has 1 N–H and O–H groups in total. The molecule has 2 nitrogen and oxygen atoms in total. The molecule has 1 aliphatic carbocycles. The third-order valence-corrected chi connectivity index (χ3v) is 4.41. The lowest BCUT2D eigenvalue weighted by atomic mass is 9.89. The number of rotatable bonds is 1. The molecule has 0 aromatic carbocycles. The molecule has 1 saturated carbocycles. The van der Waals surface area contributed by atoms with Gasteiger partial charge in [0.2, 0.25) is 0 Å². The van der Waals surface area contributed by atoms with Gasteiger partial charge in [0, 0.05) is 18.5 Å². The van der Waals surface area contributed by atoms with Gasteiger partial charge in [-0.3, -0.25) is 4.90 Å². The number of alkyl halides is 2. The predicted octanol–water partition coefficient (Wildman–Crippen LogP) is 2.27. The maximum atomic E-state index is 13.2. The summed E-state index contributed by atoms with van der Waals surface area (Å²) in [5.74, 6) is -2.46. The fraction of sp³-hybridized carbons (Fsp3) is 1.00. The molecule has 3 aliphatic rings. The van der Waals surface area contributed by atoms with Gasteiger partial charge in [0.15, 0.2) is 0 Å². The van der Waals surface area contributed by atoms with Crippen molar-refractivity contribution >= 4 is 0 Å². The normalized spacial score (nSPS) is 44.1. The Morgan fingerprint density at radius 1 is 1.25 bits per heavy atom. The molecule has 1 unspecified atom stereocenters. The zero-order valence-electron chi connectivity index (χ0n) is 10.1. The first kappa shape index (κ1) is 12.2. The molecule has 2 atom stereocenters. The van der Waals surface area contributed by atoms with Crippen molar-refractivity contribution in [3.8, 4) is 0 Å². The first-order chi connectivity index (χ1) is 7.54. The molecule has 16 heavy (non-hydrogen) atoms. The van der Waals surface area contributed by atoms with Gasteiger partial charge in [-0.1, -0.05) is 13.8 Å². The van der Waals surface area contributed by atoms with Crippen LogP contribution in [0.4, 0.5) is 8.78 Å².